The van der Waals surface area contributed by atoms with Crippen LogP contribution >= 0.6 is 0 Å². The number of nitrogens with one attached hydrogen (secondary N) is 1. The minimum Gasteiger partial charge on any atom is -0.375 e. The summed E-state index contributed by atoms with van der Waals surface area (Å²) in [6.45, 7) is 2.27. The van der Waals surface area contributed by atoms with Crippen LogP contribution in [-0.4, -0.2) is 32.7 Å². The number of ether oxygens (including phenoxy) is 1. The van der Waals surface area contributed by atoms with Crippen molar-refractivity contribution in [1.82, 2.24) is 5.32 Å². The predicted molar refractivity (Wildman–Crippen MR) is 70.0 cm³/mol. The molecule has 0 bridgehead atoms. The van der Waals surface area contributed by atoms with E-state index in [9.17, 15) is 8.78 Å². The molecule has 0 aliphatic heterocycles. The van der Waals surface area contributed by atoms with Crippen LogP contribution in [0.1, 0.15) is 45.4 Å². The Kier molecular flexibility index (Phi) is 7.75. The maximum atomic E-state index is 11.9. The maximum Gasteiger partial charge on any atom is 0.261 e. The summed E-state index contributed by atoms with van der Waals surface area (Å²) >= 11 is 0. The van der Waals surface area contributed by atoms with E-state index in [0.29, 0.717) is 18.6 Å². The smallest absolute Gasteiger partial charge is 0.261 e. The fourth-order valence-corrected chi connectivity index (χ4v) is 3.00. The van der Waals surface area contributed by atoms with Crippen LogP contribution in [0.3, 0.4) is 0 Å². The lowest BCUT2D eigenvalue weighted by atomic mass is 9.77. The van der Waals surface area contributed by atoms with Gasteiger partial charge in [-0.15, -0.1) is 0 Å². The molecule has 0 aromatic rings. The molecule has 0 aromatic heterocycles. The summed E-state index contributed by atoms with van der Waals surface area (Å²) in [5, 5.41) is 3.33. The average Bonchev–Trinajstić information content (AvgIpc) is 2.39. The normalized spacial score (nSPS) is 26.5. The Bertz CT molecular complexity index is 206. The Labute approximate surface area is 109 Å². The highest BCUT2D eigenvalue weighted by molar-refractivity contribution is 4.80. The van der Waals surface area contributed by atoms with Crippen LogP contribution in [-0.2, 0) is 4.74 Å². The summed E-state index contributed by atoms with van der Waals surface area (Å²) in [5.41, 5.74) is 0. The Morgan fingerprint density at radius 3 is 2.39 bits per heavy atom. The minimum atomic E-state index is -2.35. The standard InChI is InChI=1S/C14H27F2NO/c1-3-11-4-6-12(7-5-11)13(17-2)8-9-18-10-14(15)16/h11-14,17H,3-10H2,1-2H3. The molecule has 2 nitrogen and oxygen atoms in total. The first-order valence-electron chi connectivity index (χ1n) is 7.20. The molecule has 4 heteroatoms. The van der Waals surface area contributed by atoms with E-state index in [-0.39, 0.29) is 0 Å². The third-order valence-electron chi connectivity index (χ3n) is 4.23. The molecule has 1 aliphatic rings. The first-order chi connectivity index (χ1) is 8.67. The van der Waals surface area contributed by atoms with Crippen molar-refractivity contribution in [2.75, 3.05) is 20.3 Å². The van der Waals surface area contributed by atoms with Gasteiger partial charge >= 0.3 is 0 Å². The van der Waals surface area contributed by atoms with Gasteiger partial charge in [0.2, 0.25) is 0 Å². The fourth-order valence-electron chi connectivity index (χ4n) is 3.00. The summed E-state index contributed by atoms with van der Waals surface area (Å²) in [4.78, 5) is 0. The van der Waals surface area contributed by atoms with E-state index >= 15 is 0 Å². The molecule has 1 aliphatic carbocycles. The molecule has 18 heavy (non-hydrogen) atoms. The lowest BCUT2D eigenvalue weighted by molar-refractivity contribution is 0.0120. The Morgan fingerprint density at radius 2 is 1.89 bits per heavy atom. The van der Waals surface area contributed by atoms with Crippen molar-refractivity contribution in [1.29, 1.82) is 0 Å². The minimum absolute atomic E-state index is 0.417. The highest BCUT2D eigenvalue weighted by atomic mass is 19.3. The Balaban J connectivity index is 2.20. The van der Waals surface area contributed by atoms with Crippen molar-refractivity contribution >= 4 is 0 Å². The van der Waals surface area contributed by atoms with E-state index in [4.69, 9.17) is 4.74 Å². The predicted octanol–water partition coefficient (Wildman–Crippen LogP) is 3.46. The van der Waals surface area contributed by atoms with Crippen molar-refractivity contribution < 1.29 is 13.5 Å². The third kappa shape index (κ3) is 5.61. The zero-order valence-corrected chi connectivity index (χ0v) is 11.6. The second-order valence-corrected chi connectivity index (χ2v) is 5.34. The second-order valence-electron chi connectivity index (χ2n) is 5.34. The van der Waals surface area contributed by atoms with Gasteiger partial charge in [-0.25, -0.2) is 8.78 Å². The van der Waals surface area contributed by atoms with Crippen molar-refractivity contribution in [3.63, 3.8) is 0 Å². The number of halogens is 2. The van der Waals surface area contributed by atoms with Crippen LogP contribution in [0.25, 0.3) is 0 Å². The van der Waals surface area contributed by atoms with Crippen molar-refractivity contribution in [2.45, 2.75) is 57.9 Å². The molecule has 108 valence electrons. The van der Waals surface area contributed by atoms with Gasteiger partial charge in [-0.05, 0) is 38.1 Å². The SMILES string of the molecule is CCC1CCC(C(CCOCC(F)F)NC)CC1. The average molecular weight is 263 g/mol. The molecule has 1 rings (SSSR count). The monoisotopic (exact) mass is 263 g/mol. The van der Waals surface area contributed by atoms with Crippen LogP contribution in [0.5, 0.6) is 0 Å². The lowest BCUT2D eigenvalue weighted by Gasteiger charge is -2.33. The molecule has 1 atom stereocenters. The summed E-state index contributed by atoms with van der Waals surface area (Å²) < 4.78 is 28.8. The topological polar surface area (TPSA) is 21.3 Å². The van der Waals surface area contributed by atoms with Gasteiger partial charge in [0.05, 0.1) is 0 Å². The quantitative estimate of drug-likeness (QED) is 0.677. The largest absolute Gasteiger partial charge is 0.375 e. The highest BCUT2D eigenvalue weighted by Crippen LogP contribution is 2.33. The molecule has 0 saturated heterocycles. The number of hydrogen-bond acceptors (Lipinski definition) is 2. The van der Waals surface area contributed by atoms with E-state index in [1.54, 1.807) is 0 Å². The van der Waals surface area contributed by atoms with Gasteiger partial charge in [0.1, 0.15) is 6.61 Å². The van der Waals surface area contributed by atoms with E-state index in [0.717, 1.165) is 12.3 Å². The van der Waals surface area contributed by atoms with Crippen molar-refractivity contribution in [2.24, 2.45) is 11.8 Å². The second kappa shape index (κ2) is 8.81. The van der Waals surface area contributed by atoms with E-state index < -0.39 is 13.0 Å². The fraction of sp³-hybridized carbons (Fsp3) is 1.00. The first kappa shape index (κ1) is 15.8. The zero-order chi connectivity index (χ0) is 13.4. The Hall–Kier alpha value is -0.220. The van der Waals surface area contributed by atoms with Gasteiger partial charge in [0.15, 0.2) is 0 Å². The van der Waals surface area contributed by atoms with Gasteiger partial charge in [-0.1, -0.05) is 26.2 Å². The summed E-state index contributed by atoms with van der Waals surface area (Å²) in [5.74, 6) is 1.58. The van der Waals surface area contributed by atoms with Gasteiger partial charge in [-0.3, -0.25) is 0 Å². The number of hydrogen-bond donors (Lipinski definition) is 1. The van der Waals surface area contributed by atoms with Crippen molar-refractivity contribution in [3.05, 3.63) is 0 Å². The molecular weight excluding hydrogens is 236 g/mol. The lowest BCUT2D eigenvalue weighted by Crippen LogP contribution is -2.37. The van der Waals surface area contributed by atoms with E-state index in [1.807, 2.05) is 7.05 Å². The van der Waals surface area contributed by atoms with Gasteiger partial charge in [0.25, 0.3) is 6.43 Å². The molecular formula is C14H27F2NO. The van der Waals surface area contributed by atoms with Gasteiger partial charge in [0, 0.05) is 12.6 Å². The van der Waals surface area contributed by atoms with Crippen LogP contribution in [0.4, 0.5) is 8.78 Å². The number of alkyl halides is 2. The molecule has 1 N–H and O–H groups in total. The number of rotatable bonds is 8. The summed E-state index contributed by atoms with van der Waals surface area (Å²) in [6.07, 6.45) is 4.93. The van der Waals surface area contributed by atoms with Crippen LogP contribution in [0.15, 0.2) is 0 Å². The summed E-state index contributed by atoms with van der Waals surface area (Å²) in [7, 11) is 1.96. The molecule has 1 saturated carbocycles. The highest BCUT2D eigenvalue weighted by Gasteiger charge is 2.25. The van der Waals surface area contributed by atoms with Gasteiger partial charge < -0.3 is 10.1 Å². The van der Waals surface area contributed by atoms with Crippen LogP contribution in [0.2, 0.25) is 0 Å². The Morgan fingerprint density at radius 1 is 1.22 bits per heavy atom. The zero-order valence-electron chi connectivity index (χ0n) is 11.6. The molecule has 0 radical (unpaired) electrons. The molecule has 0 amide bonds. The molecule has 1 fully saturated rings. The molecule has 0 heterocycles. The maximum absolute atomic E-state index is 11.9. The molecule has 0 aromatic carbocycles. The molecule has 0 spiro atoms. The third-order valence-corrected chi connectivity index (χ3v) is 4.23. The summed E-state index contributed by atoms with van der Waals surface area (Å²) in [6, 6.07) is 0.417. The van der Waals surface area contributed by atoms with Gasteiger partial charge in [-0.2, -0.15) is 0 Å². The van der Waals surface area contributed by atoms with Crippen molar-refractivity contribution in [3.8, 4) is 0 Å². The first-order valence-corrected chi connectivity index (χ1v) is 7.20. The van der Waals surface area contributed by atoms with E-state index in [2.05, 4.69) is 12.2 Å². The van der Waals surface area contributed by atoms with Crippen LogP contribution in [0, 0.1) is 11.8 Å². The van der Waals surface area contributed by atoms with E-state index in [1.165, 1.54) is 32.1 Å². The van der Waals surface area contributed by atoms with Crippen LogP contribution < -0.4 is 5.32 Å². The molecule has 1 unspecified atom stereocenters.